The van der Waals surface area contributed by atoms with Gasteiger partial charge in [0.2, 0.25) is 5.91 Å². The van der Waals surface area contributed by atoms with E-state index >= 15 is 0 Å². The predicted octanol–water partition coefficient (Wildman–Crippen LogP) is 3.27. The molecule has 0 aliphatic rings. The third-order valence-corrected chi connectivity index (χ3v) is 4.73. The number of aromatic nitrogens is 4. The van der Waals surface area contributed by atoms with Crippen LogP contribution in [0.5, 0.6) is 5.75 Å². The van der Waals surface area contributed by atoms with Crippen LogP contribution in [0.3, 0.4) is 0 Å². The zero-order valence-electron chi connectivity index (χ0n) is 14.1. The molecule has 0 bridgehead atoms. The normalized spacial score (nSPS) is 10.6. The van der Waals surface area contributed by atoms with Gasteiger partial charge in [0.05, 0.1) is 17.9 Å². The van der Waals surface area contributed by atoms with Crippen LogP contribution in [0.2, 0.25) is 5.02 Å². The van der Waals surface area contributed by atoms with Crippen LogP contribution in [0, 0.1) is 0 Å². The molecular weight excluding hydrogens is 374 g/mol. The molecule has 0 saturated carbocycles. The average Bonchev–Trinajstić information content (AvgIpc) is 3.02. The van der Waals surface area contributed by atoms with Gasteiger partial charge in [0.25, 0.3) is 0 Å². The molecule has 26 heavy (non-hydrogen) atoms. The predicted molar refractivity (Wildman–Crippen MR) is 102 cm³/mol. The van der Waals surface area contributed by atoms with Gasteiger partial charge in [-0.15, -0.1) is 10.2 Å². The number of carbonyl (C=O) groups is 1. The van der Waals surface area contributed by atoms with Crippen LogP contribution >= 0.6 is 23.4 Å². The molecule has 7 nitrogen and oxygen atoms in total. The number of hydrogen-bond acceptors (Lipinski definition) is 6. The maximum Gasteiger partial charge on any atom is 0.236 e. The van der Waals surface area contributed by atoms with Crippen molar-refractivity contribution in [2.45, 2.75) is 5.16 Å². The summed E-state index contributed by atoms with van der Waals surface area (Å²) in [6, 6.07) is 10.9. The monoisotopic (exact) mass is 389 g/mol. The van der Waals surface area contributed by atoms with Crippen LogP contribution in [-0.2, 0) is 11.8 Å². The van der Waals surface area contributed by atoms with Crippen molar-refractivity contribution >= 4 is 35.1 Å². The highest BCUT2D eigenvalue weighted by molar-refractivity contribution is 7.99. The van der Waals surface area contributed by atoms with E-state index in [1.54, 1.807) is 19.2 Å². The van der Waals surface area contributed by atoms with Gasteiger partial charge in [0.1, 0.15) is 11.6 Å². The van der Waals surface area contributed by atoms with Crippen molar-refractivity contribution in [1.82, 2.24) is 19.7 Å². The van der Waals surface area contributed by atoms with Crippen LogP contribution in [0.15, 0.2) is 47.8 Å². The van der Waals surface area contributed by atoms with Gasteiger partial charge in [-0.1, -0.05) is 35.5 Å². The van der Waals surface area contributed by atoms with E-state index in [9.17, 15) is 4.79 Å². The molecule has 1 amide bonds. The third-order valence-electron chi connectivity index (χ3n) is 3.49. The molecule has 0 aliphatic heterocycles. The van der Waals surface area contributed by atoms with Crippen LogP contribution in [0.1, 0.15) is 0 Å². The Labute approximate surface area is 159 Å². The zero-order chi connectivity index (χ0) is 18.5. The summed E-state index contributed by atoms with van der Waals surface area (Å²) in [5, 5.41) is 12.2. The Kier molecular flexibility index (Phi) is 5.75. The van der Waals surface area contributed by atoms with Crippen molar-refractivity contribution < 1.29 is 9.53 Å². The number of amides is 1. The summed E-state index contributed by atoms with van der Waals surface area (Å²) in [4.78, 5) is 16.1. The van der Waals surface area contributed by atoms with E-state index < -0.39 is 0 Å². The van der Waals surface area contributed by atoms with E-state index in [4.69, 9.17) is 16.3 Å². The van der Waals surface area contributed by atoms with Gasteiger partial charge in [-0.05, 0) is 24.3 Å². The molecule has 2 heterocycles. The van der Waals surface area contributed by atoms with Crippen LogP contribution in [0.25, 0.3) is 11.4 Å². The van der Waals surface area contributed by atoms with Crippen LogP contribution in [0.4, 0.5) is 5.82 Å². The van der Waals surface area contributed by atoms with E-state index in [1.807, 2.05) is 35.9 Å². The summed E-state index contributed by atoms with van der Waals surface area (Å²) in [5.74, 6) is 1.90. The number of halogens is 1. The number of rotatable bonds is 6. The van der Waals surface area contributed by atoms with E-state index in [0.29, 0.717) is 21.8 Å². The number of nitrogens with zero attached hydrogens (tertiary/aromatic N) is 4. The second kappa shape index (κ2) is 8.20. The number of hydrogen-bond donors (Lipinski definition) is 1. The summed E-state index contributed by atoms with van der Waals surface area (Å²) in [6.07, 6.45) is 1.48. The quantitative estimate of drug-likeness (QED) is 0.651. The van der Waals surface area contributed by atoms with Crippen LogP contribution < -0.4 is 10.1 Å². The summed E-state index contributed by atoms with van der Waals surface area (Å²) in [6.45, 7) is 0. The average molecular weight is 390 g/mol. The summed E-state index contributed by atoms with van der Waals surface area (Å²) >= 11 is 7.07. The van der Waals surface area contributed by atoms with Crippen molar-refractivity contribution in [2.75, 3.05) is 18.2 Å². The second-order valence-corrected chi connectivity index (χ2v) is 6.67. The highest BCUT2D eigenvalue weighted by Gasteiger charge is 2.13. The molecule has 1 N–H and O–H groups in total. The van der Waals surface area contributed by atoms with Crippen molar-refractivity contribution in [3.8, 4) is 17.1 Å². The van der Waals surface area contributed by atoms with Crippen LogP contribution in [-0.4, -0.2) is 38.5 Å². The largest absolute Gasteiger partial charge is 0.497 e. The lowest BCUT2D eigenvalue weighted by Gasteiger charge is -2.06. The lowest BCUT2D eigenvalue weighted by Crippen LogP contribution is -2.15. The summed E-state index contributed by atoms with van der Waals surface area (Å²) in [7, 11) is 3.47. The number of ether oxygens (including phenoxy) is 1. The van der Waals surface area contributed by atoms with Crippen molar-refractivity contribution in [2.24, 2.45) is 7.05 Å². The molecule has 0 aliphatic carbocycles. The molecule has 0 spiro atoms. The van der Waals surface area contributed by atoms with Gasteiger partial charge in [0, 0.05) is 18.8 Å². The molecule has 0 saturated heterocycles. The Hall–Kier alpha value is -2.58. The first-order chi connectivity index (χ1) is 12.6. The smallest absolute Gasteiger partial charge is 0.236 e. The number of anilines is 1. The number of nitrogens with one attached hydrogen (secondary N) is 1. The molecule has 134 valence electrons. The zero-order valence-corrected chi connectivity index (χ0v) is 15.7. The fourth-order valence-electron chi connectivity index (χ4n) is 2.21. The fraction of sp³-hybridized carbons (Fsp3) is 0.176. The topological polar surface area (TPSA) is 81.9 Å². The second-order valence-electron chi connectivity index (χ2n) is 5.30. The van der Waals surface area contributed by atoms with E-state index in [1.165, 1.54) is 18.0 Å². The molecule has 0 fully saturated rings. The van der Waals surface area contributed by atoms with Gasteiger partial charge in [-0.25, -0.2) is 4.98 Å². The first-order valence-electron chi connectivity index (χ1n) is 7.65. The summed E-state index contributed by atoms with van der Waals surface area (Å²) < 4.78 is 7.08. The van der Waals surface area contributed by atoms with Crippen molar-refractivity contribution in [1.29, 1.82) is 0 Å². The number of pyridine rings is 1. The summed E-state index contributed by atoms with van der Waals surface area (Å²) in [5.41, 5.74) is 0.890. The lowest BCUT2D eigenvalue weighted by atomic mass is 10.2. The molecule has 9 heteroatoms. The minimum Gasteiger partial charge on any atom is -0.497 e. The standard InChI is InChI=1S/C17H16ClN5O2S/c1-23-16(11-4-3-5-13(8-11)25-2)21-22-17(23)26-10-15(24)20-14-7-6-12(18)9-19-14/h3-9H,10H2,1-2H3,(H,19,20,24). The Morgan fingerprint density at radius 3 is 2.88 bits per heavy atom. The molecule has 0 radical (unpaired) electrons. The van der Waals surface area contributed by atoms with E-state index in [-0.39, 0.29) is 11.7 Å². The van der Waals surface area contributed by atoms with Gasteiger partial charge < -0.3 is 14.6 Å². The van der Waals surface area contributed by atoms with Gasteiger partial charge in [-0.2, -0.15) is 0 Å². The molecule has 3 rings (SSSR count). The number of thioether (sulfide) groups is 1. The highest BCUT2D eigenvalue weighted by Crippen LogP contribution is 2.25. The first kappa shape index (κ1) is 18.2. The maximum atomic E-state index is 12.1. The Morgan fingerprint density at radius 2 is 2.15 bits per heavy atom. The molecular formula is C17H16ClN5O2S. The minimum atomic E-state index is -0.184. The van der Waals surface area contributed by atoms with E-state index in [2.05, 4.69) is 20.5 Å². The maximum absolute atomic E-state index is 12.1. The Balaban J connectivity index is 1.64. The van der Waals surface area contributed by atoms with Gasteiger partial charge in [0.15, 0.2) is 11.0 Å². The number of methoxy groups -OCH3 is 1. The molecule has 2 aromatic heterocycles. The highest BCUT2D eigenvalue weighted by atomic mass is 35.5. The Morgan fingerprint density at radius 1 is 1.31 bits per heavy atom. The van der Waals surface area contributed by atoms with E-state index in [0.717, 1.165) is 11.3 Å². The first-order valence-corrected chi connectivity index (χ1v) is 9.01. The molecule has 3 aromatic rings. The number of carbonyl (C=O) groups excluding carboxylic acids is 1. The van der Waals surface area contributed by atoms with Gasteiger partial charge >= 0.3 is 0 Å². The molecule has 0 unspecified atom stereocenters. The molecule has 1 aromatic carbocycles. The third kappa shape index (κ3) is 4.33. The molecule has 0 atom stereocenters. The Bertz CT molecular complexity index is 914. The fourth-order valence-corrected chi connectivity index (χ4v) is 3.04. The number of benzene rings is 1. The van der Waals surface area contributed by atoms with Crippen molar-refractivity contribution in [3.05, 3.63) is 47.6 Å². The lowest BCUT2D eigenvalue weighted by molar-refractivity contribution is -0.113. The SMILES string of the molecule is COc1cccc(-c2nnc(SCC(=O)Nc3ccc(Cl)cn3)n2C)c1. The minimum absolute atomic E-state index is 0.184. The van der Waals surface area contributed by atoms with Gasteiger partial charge in [-0.3, -0.25) is 4.79 Å². The van der Waals surface area contributed by atoms with Crippen molar-refractivity contribution in [3.63, 3.8) is 0 Å².